The van der Waals surface area contributed by atoms with Crippen molar-refractivity contribution in [2.75, 3.05) is 6.61 Å². The molecule has 0 fully saturated rings. The van der Waals surface area contributed by atoms with Gasteiger partial charge < -0.3 is 10.1 Å². The van der Waals surface area contributed by atoms with Gasteiger partial charge in [0.15, 0.2) is 0 Å². The summed E-state index contributed by atoms with van der Waals surface area (Å²) in [5.41, 5.74) is 2.53. The van der Waals surface area contributed by atoms with Crippen LogP contribution in [0.2, 0.25) is 0 Å². The molecule has 0 aliphatic heterocycles. The topological polar surface area (TPSA) is 51.2 Å². The minimum Gasteiger partial charge on any atom is -0.494 e. The Morgan fingerprint density at radius 2 is 2.04 bits per heavy atom. The molecule has 1 aromatic heterocycles. The molecular formula is C20H20N2O2. The molecule has 24 heavy (non-hydrogen) atoms. The van der Waals surface area contributed by atoms with Crippen molar-refractivity contribution >= 4 is 16.8 Å². The summed E-state index contributed by atoms with van der Waals surface area (Å²) in [6, 6.07) is 17.1. The van der Waals surface area contributed by atoms with Gasteiger partial charge in [0.1, 0.15) is 5.75 Å². The van der Waals surface area contributed by atoms with Crippen molar-refractivity contribution in [2.45, 2.75) is 19.9 Å². The average Bonchev–Trinajstić information content (AvgIpc) is 2.64. The molecule has 2 aromatic carbocycles. The summed E-state index contributed by atoms with van der Waals surface area (Å²) in [5.74, 6) is 0.737. The number of rotatable bonds is 6. The Kier molecular flexibility index (Phi) is 5.06. The van der Waals surface area contributed by atoms with E-state index in [0.717, 1.165) is 28.6 Å². The minimum absolute atomic E-state index is 0.0966. The molecule has 0 radical (unpaired) electrons. The van der Waals surface area contributed by atoms with E-state index in [2.05, 4.69) is 17.2 Å². The Morgan fingerprint density at radius 1 is 1.12 bits per heavy atom. The van der Waals surface area contributed by atoms with E-state index < -0.39 is 0 Å². The molecule has 3 aromatic rings. The van der Waals surface area contributed by atoms with Crippen molar-refractivity contribution in [3.63, 3.8) is 0 Å². The number of carbonyl (C=O) groups excluding carboxylic acids is 1. The Morgan fingerprint density at radius 3 is 2.92 bits per heavy atom. The van der Waals surface area contributed by atoms with E-state index in [9.17, 15) is 4.79 Å². The molecule has 1 heterocycles. The van der Waals surface area contributed by atoms with Crippen LogP contribution in [0.4, 0.5) is 0 Å². The fourth-order valence-corrected chi connectivity index (χ4v) is 2.47. The Bertz CT molecular complexity index is 846. The molecule has 3 rings (SSSR count). The highest BCUT2D eigenvalue weighted by Crippen LogP contribution is 2.15. The number of aromatic nitrogens is 1. The highest BCUT2D eigenvalue weighted by atomic mass is 16.5. The van der Waals surface area contributed by atoms with Gasteiger partial charge in [0.25, 0.3) is 5.91 Å². The first-order valence-electron chi connectivity index (χ1n) is 8.11. The number of nitrogens with one attached hydrogen (secondary N) is 1. The molecule has 0 unspecified atom stereocenters. The number of amides is 1. The van der Waals surface area contributed by atoms with Gasteiger partial charge in [-0.2, -0.15) is 0 Å². The Labute approximate surface area is 141 Å². The number of nitrogens with zero attached hydrogens (tertiary/aromatic N) is 1. The number of hydrogen-bond acceptors (Lipinski definition) is 3. The van der Waals surface area contributed by atoms with Crippen LogP contribution in [-0.2, 0) is 6.54 Å². The van der Waals surface area contributed by atoms with Crippen molar-refractivity contribution in [1.82, 2.24) is 10.3 Å². The lowest BCUT2D eigenvalue weighted by Crippen LogP contribution is -2.22. The first-order valence-corrected chi connectivity index (χ1v) is 8.11. The van der Waals surface area contributed by atoms with Gasteiger partial charge >= 0.3 is 0 Å². The smallest absolute Gasteiger partial charge is 0.251 e. The van der Waals surface area contributed by atoms with E-state index in [1.165, 1.54) is 0 Å². The quantitative estimate of drug-likeness (QED) is 0.748. The second kappa shape index (κ2) is 7.59. The lowest BCUT2D eigenvalue weighted by molar-refractivity contribution is 0.0951. The summed E-state index contributed by atoms with van der Waals surface area (Å²) in [5, 5.41) is 3.91. The third kappa shape index (κ3) is 3.90. The van der Waals surface area contributed by atoms with Crippen molar-refractivity contribution < 1.29 is 9.53 Å². The molecule has 0 bridgehead atoms. The van der Waals surface area contributed by atoms with Gasteiger partial charge in [-0.15, -0.1) is 0 Å². The van der Waals surface area contributed by atoms with E-state index in [1.807, 2.05) is 48.5 Å². The molecule has 0 spiro atoms. The van der Waals surface area contributed by atoms with E-state index >= 15 is 0 Å². The standard InChI is InChI=1S/C20H20N2O2/c1-2-11-24-18-7-3-5-15(12-18)14-22-20(23)17-8-9-19-16(13-17)6-4-10-21-19/h3-10,12-13H,2,11,14H2,1H3,(H,22,23). The SMILES string of the molecule is CCCOc1cccc(CNC(=O)c2ccc3ncccc3c2)c1. The zero-order valence-corrected chi connectivity index (χ0v) is 13.7. The van der Waals surface area contributed by atoms with E-state index in [0.29, 0.717) is 18.7 Å². The highest BCUT2D eigenvalue weighted by Gasteiger charge is 2.07. The van der Waals surface area contributed by atoms with Crippen LogP contribution >= 0.6 is 0 Å². The summed E-state index contributed by atoms with van der Waals surface area (Å²) >= 11 is 0. The van der Waals surface area contributed by atoms with Gasteiger partial charge in [-0.1, -0.05) is 25.1 Å². The fourth-order valence-electron chi connectivity index (χ4n) is 2.47. The molecule has 0 aliphatic carbocycles. The number of ether oxygens (including phenoxy) is 1. The lowest BCUT2D eigenvalue weighted by atomic mass is 10.1. The molecule has 122 valence electrons. The average molecular weight is 320 g/mol. The molecule has 0 saturated carbocycles. The van der Waals surface area contributed by atoms with Crippen molar-refractivity contribution in [3.05, 3.63) is 71.9 Å². The number of hydrogen-bond donors (Lipinski definition) is 1. The number of fused-ring (bicyclic) bond motifs is 1. The van der Waals surface area contributed by atoms with Crippen LogP contribution in [-0.4, -0.2) is 17.5 Å². The highest BCUT2D eigenvalue weighted by molar-refractivity contribution is 5.97. The van der Waals surface area contributed by atoms with Gasteiger partial charge in [0.2, 0.25) is 0 Å². The molecule has 0 atom stereocenters. The molecule has 1 N–H and O–H groups in total. The summed E-state index contributed by atoms with van der Waals surface area (Å²) in [7, 11) is 0. The van der Waals surface area contributed by atoms with Crippen LogP contribution in [0.3, 0.4) is 0 Å². The van der Waals surface area contributed by atoms with Gasteiger partial charge in [-0.25, -0.2) is 0 Å². The third-order valence-corrected chi connectivity index (χ3v) is 3.69. The number of carbonyl (C=O) groups is 1. The largest absolute Gasteiger partial charge is 0.494 e. The first-order chi connectivity index (χ1) is 11.8. The van der Waals surface area contributed by atoms with Gasteiger partial charge in [-0.3, -0.25) is 9.78 Å². The predicted molar refractivity (Wildman–Crippen MR) is 95.1 cm³/mol. The lowest BCUT2D eigenvalue weighted by Gasteiger charge is -2.09. The summed E-state index contributed by atoms with van der Waals surface area (Å²) < 4.78 is 5.62. The third-order valence-electron chi connectivity index (χ3n) is 3.69. The second-order valence-corrected chi connectivity index (χ2v) is 5.59. The van der Waals surface area contributed by atoms with Crippen LogP contribution in [0.5, 0.6) is 5.75 Å². The maximum atomic E-state index is 12.4. The van der Waals surface area contributed by atoms with E-state index in [1.54, 1.807) is 12.3 Å². The van der Waals surface area contributed by atoms with E-state index in [-0.39, 0.29) is 5.91 Å². The molecular weight excluding hydrogens is 300 g/mol. The molecule has 0 aliphatic rings. The first kappa shape index (κ1) is 16.0. The predicted octanol–water partition coefficient (Wildman–Crippen LogP) is 3.95. The molecule has 4 nitrogen and oxygen atoms in total. The monoisotopic (exact) mass is 320 g/mol. The van der Waals surface area contributed by atoms with Crippen LogP contribution < -0.4 is 10.1 Å². The maximum Gasteiger partial charge on any atom is 0.251 e. The fraction of sp³-hybridized carbons (Fsp3) is 0.200. The Balaban J connectivity index is 1.66. The second-order valence-electron chi connectivity index (χ2n) is 5.59. The van der Waals surface area contributed by atoms with Crippen molar-refractivity contribution in [1.29, 1.82) is 0 Å². The van der Waals surface area contributed by atoms with Crippen LogP contribution in [0.1, 0.15) is 29.3 Å². The summed E-state index contributed by atoms with van der Waals surface area (Å²) in [6.07, 6.45) is 2.72. The zero-order chi connectivity index (χ0) is 16.8. The zero-order valence-electron chi connectivity index (χ0n) is 13.7. The van der Waals surface area contributed by atoms with Gasteiger partial charge in [0, 0.05) is 23.7 Å². The summed E-state index contributed by atoms with van der Waals surface area (Å²) in [4.78, 5) is 16.6. The van der Waals surface area contributed by atoms with Crippen molar-refractivity contribution in [3.8, 4) is 5.75 Å². The Hall–Kier alpha value is -2.88. The van der Waals surface area contributed by atoms with Gasteiger partial charge in [-0.05, 0) is 48.4 Å². The van der Waals surface area contributed by atoms with Crippen molar-refractivity contribution in [2.24, 2.45) is 0 Å². The summed E-state index contributed by atoms with van der Waals surface area (Å²) in [6.45, 7) is 3.23. The molecule has 1 amide bonds. The van der Waals surface area contributed by atoms with Crippen LogP contribution in [0.25, 0.3) is 10.9 Å². The van der Waals surface area contributed by atoms with Crippen LogP contribution in [0.15, 0.2) is 60.8 Å². The van der Waals surface area contributed by atoms with Crippen LogP contribution in [0, 0.1) is 0 Å². The molecule has 4 heteroatoms. The minimum atomic E-state index is -0.0966. The maximum absolute atomic E-state index is 12.4. The van der Waals surface area contributed by atoms with E-state index in [4.69, 9.17) is 4.74 Å². The normalized spacial score (nSPS) is 10.5. The van der Waals surface area contributed by atoms with Gasteiger partial charge in [0.05, 0.1) is 12.1 Å². The molecule has 0 saturated heterocycles. The number of benzene rings is 2. The number of pyridine rings is 1.